The van der Waals surface area contributed by atoms with Crippen LogP contribution in [-0.4, -0.2) is 9.97 Å². The van der Waals surface area contributed by atoms with E-state index in [1.165, 1.54) is 0 Å². The van der Waals surface area contributed by atoms with Crippen LogP contribution in [0.5, 0.6) is 0 Å². The number of fused-ring (bicyclic) bond motifs is 1. The van der Waals surface area contributed by atoms with E-state index in [2.05, 4.69) is 32.6 Å². The summed E-state index contributed by atoms with van der Waals surface area (Å²) < 4.78 is 13.8. The second-order valence-corrected chi connectivity index (χ2v) is 3.82. The third kappa shape index (κ3) is 1.09. The van der Waals surface area contributed by atoms with Crippen molar-refractivity contribution in [2.45, 2.75) is 0 Å². The Kier molecular flexibility index (Phi) is 1.96. The minimum atomic E-state index is -0.485. The van der Waals surface area contributed by atoms with Crippen LogP contribution >= 0.6 is 34.2 Å². The Morgan fingerprint density at radius 1 is 1.58 bits per heavy atom. The lowest BCUT2D eigenvalue weighted by Gasteiger charge is -1.94. The number of hydrogen-bond acceptors (Lipinski definition) is 1. The fourth-order valence-corrected chi connectivity index (χ4v) is 2.08. The van der Waals surface area contributed by atoms with Crippen LogP contribution in [0.2, 0.25) is 5.02 Å². The summed E-state index contributed by atoms with van der Waals surface area (Å²) >= 11 is 7.81. The monoisotopic (exact) mass is 296 g/mol. The first-order chi connectivity index (χ1) is 5.70. The van der Waals surface area contributed by atoms with Gasteiger partial charge in [-0.3, -0.25) is 0 Å². The number of hydrogen-bond donors (Lipinski definition) is 1. The van der Waals surface area contributed by atoms with Crippen molar-refractivity contribution in [3.8, 4) is 0 Å². The van der Waals surface area contributed by atoms with Gasteiger partial charge in [0.05, 0.1) is 16.6 Å². The van der Waals surface area contributed by atoms with E-state index in [-0.39, 0.29) is 5.02 Å². The van der Waals surface area contributed by atoms with Gasteiger partial charge in [0.25, 0.3) is 0 Å². The van der Waals surface area contributed by atoms with Crippen LogP contribution in [0.4, 0.5) is 4.39 Å². The van der Waals surface area contributed by atoms with Crippen molar-refractivity contribution in [1.29, 1.82) is 0 Å². The van der Waals surface area contributed by atoms with E-state index in [0.717, 1.165) is 9.77 Å². The van der Waals surface area contributed by atoms with Crippen LogP contribution in [-0.2, 0) is 0 Å². The minimum absolute atomic E-state index is 0.130. The Morgan fingerprint density at radius 2 is 2.33 bits per heavy atom. The van der Waals surface area contributed by atoms with Gasteiger partial charge in [-0.1, -0.05) is 11.6 Å². The summed E-state index contributed by atoms with van der Waals surface area (Å²) in [4.78, 5) is 6.73. The van der Waals surface area contributed by atoms with E-state index in [1.807, 2.05) is 0 Å². The van der Waals surface area contributed by atoms with Crippen molar-refractivity contribution in [2.75, 3.05) is 0 Å². The van der Waals surface area contributed by atoms with Gasteiger partial charge in [0.15, 0.2) is 5.82 Å². The molecule has 0 amide bonds. The molecule has 0 fully saturated rings. The van der Waals surface area contributed by atoms with E-state index in [1.54, 1.807) is 6.20 Å². The molecule has 0 atom stereocenters. The Labute approximate surface area is 86.3 Å². The summed E-state index contributed by atoms with van der Waals surface area (Å²) in [5, 5.41) is 0.780. The predicted molar refractivity (Wildman–Crippen MR) is 53.8 cm³/mol. The highest BCUT2D eigenvalue weighted by atomic mass is 127. The van der Waals surface area contributed by atoms with Crippen molar-refractivity contribution in [3.63, 3.8) is 0 Å². The molecule has 2 heterocycles. The Balaban J connectivity index is 2.96. The second-order valence-electron chi connectivity index (χ2n) is 2.28. The van der Waals surface area contributed by atoms with E-state index in [9.17, 15) is 4.39 Å². The van der Waals surface area contributed by atoms with E-state index in [0.29, 0.717) is 11.0 Å². The summed E-state index contributed by atoms with van der Waals surface area (Å²) in [5.74, 6) is -0.485. The molecule has 0 spiro atoms. The van der Waals surface area contributed by atoms with Crippen LogP contribution < -0.4 is 0 Å². The van der Waals surface area contributed by atoms with Crippen molar-refractivity contribution in [1.82, 2.24) is 9.97 Å². The highest BCUT2D eigenvalue weighted by Crippen LogP contribution is 2.28. The molecule has 0 aliphatic carbocycles. The van der Waals surface area contributed by atoms with Gasteiger partial charge >= 0.3 is 0 Å². The van der Waals surface area contributed by atoms with Gasteiger partial charge in [0.1, 0.15) is 5.65 Å². The molecule has 1 N–H and O–H groups in total. The van der Waals surface area contributed by atoms with Gasteiger partial charge in [-0.2, -0.15) is 0 Å². The van der Waals surface area contributed by atoms with Gasteiger partial charge in [0, 0.05) is 9.77 Å². The number of H-pyrrole nitrogens is 1. The molecule has 0 aliphatic heterocycles. The molecule has 0 saturated heterocycles. The van der Waals surface area contributed by atoms with Crippen molar-refractivity contribution in [3.05, 3.63) is 26.8 Å². The fraction of sp³-hybridized carbons (Fsp3) is 0. The lowest BCUT2D eigenvalue weighted by atomic mass is 10.3. The molecule has 0 radical (unpaired) electrons. The number of nitrogens with zero attached hydrogens (tertiary/aromatic N) is 1. The average Bonchev–Trinajstić information content (AvgIpc) is 2.41. The highest BCUT2D eigenvalue weighted by Gasteiger charge is 2.10. The first kappa shape index (κ1) is 8.25. The SMILES string of the molecule is Fc1cnc2[nH]cc(I)c2c1Cl. The Hall–Kier alpha value is -0.360. The smallest absolute Gasteiger partial charge is 0.160 e. The topological polar surface area (TPSA) is 28.7 Å². The number of pyridine rings is 1. The van der Waals surface area contributed by atoms with Gasteiger partial charge in [-0.15, -0.1) is 0 Å². The zero-order valence-electron chi connectivity index (χ0n) is 5.74. The summed E-state index contributed by atoms with van der Waals surface area (Å²) in [6, 6.07) is 0. The maximum absolute atomic E-state index is 12.9. The lowest BCUT2D eigenvalue weighted by Crippen LogP contribution is -1.82. The minimum Gasteiger partial charge on any atom is -0.345 e. The Bertz CT molecular complexity index is 440. The van der Waals surface area contributed by atoms with Crippen LogP contribution in [0.25, 0.3) is 11.0 Å². The molecule has 0 saturated carbocycles. The summed E-state index contributed by atoms with van der Waals surface area (Å²) in [6.07, 6.45) is 2.85. The summed E-state index contributed by atoms with van der Waals surface area (Å²) in [5.41, 5.74) is 0.616. The highest BCUT2D eigenvalue weighted by molar-refractivity contribution is 14.1. The number of rotatable bonds is 0. The van der Waals surface area contributed by atoms with Gasteiger partial charge in [0.2, 0.25) is 0 Å². The van der Waals surface area contributed by atoms with Crippen molar-refractivity contribution < 1.29 is 4.39 Å². The predicted octanol–water partition coefficient (Wildman–Crippen LogP) is 2.96. The third-order valence-electron chi connectivity index (χ3n) is 1.55. The number of nitrogens with one attached hydrogen (secondary N) is 1. The van der Waals surface area contributed by atoms with E-state index < -0.39 is 5.82 Å². The van der Waals surface area contributed by atoms with Gasteiger partial charge < -0.3 is 4.98 Å². The molecule has 5 heteroatoms. The Morgan fingerprint density at radius 3 is 3.08 bits per heavy atom. The molecular formula is C7H3ClFIN2. The lowest BCUT2D eigenvalue weighted by molar-refractivity contribution is 0.624. The average molecular weight is 296 g/mol. The summed E-state index contributed by atoms with van der Waals surface area (Å²) in [7, 11) is 0. The molecule has 0 aliphatic rings. The largest absolute Gasteiger partial charge is 0.345 e. The van der Waals surface area contributed by atoms with Crippen LogP contribution in [0.15, 0.2) is 12.4 Å². The molecule has 2 rings (SSSR count). The number of aromatic nitrogens is 2. The molecule has 2 aromatic heterocycles. The molecule has 0 aromatic carbocycles. The van der Waals surface area contributed by atoms with Crippen LogP contribution in [0.3, 0.4) is 0 Å². The standard InChI is InChI=1S/C7H3ClFIN2/c8-6-3(9)1-11-7-5(6)4(10)2-12-7/h1-2H,(H,11,12). The first-order valence-electron chi connectivity index (χ1n) is 3.16. The zero-order valence-corrected chi connectivity index (χ0v) is 8.65. The maximum Gasteiger partial charge on any atom is 0.160 e. The maximum atomic E-state index is 12.9. The molecule has 2 aromatic rings. The fourth-order valence-electron chi connectivity index (χ4n) is 0.997. The molecule has 2 nitrogen and oxygen atoms in total. The van der Waals surface area contributed by atoms with E-state index in [4.69, 9.17) is 11.6 Å². The molecule has 62 valence electrons. The number of aromatic amines is 1. The first-order valence-corrected chi connectivity index (χ1v) is 4.62. The summed E-state index contributed by atoms with van der Waals surface area (Å²) in [6.45, 7) is 0. The van der Waals surface area contributed by atoms with Crippen LogP contribution in [0.1, 0.15) is 0 Å². The normalized spacial score (nSPS) is 10.9. The molecule has 0 unspecified atom stereocenters. The third-order valence-corrected chi connectivity index (χ3v) is 2.77. The molecule has 0 bridgehead atoms. The van der Waals surface area contributed by atoms with Gasteiger partial charge in [-0.05, 0) is 22.6 Å². The van der Waals surface area contributed by atoms with Crippen molar-refractivity contribution >= 4 is 45.2 Å². The van der Waals surface area contributed by atoms with Gasteiger partial charge in [-0.25, -0.2) is 9.37 Å². The van der Waals surface area contributed by atoms with E-state index >= 15 is 0 Å². The van der Waals surface area contributed by atoms with Crippen LogP contribution in [0, 0.1) is 9.39 Å². The molecular weight excluding hydrogens is 293 g/mol. The van der Waals surface area contributed by atoms with Crippen molar-refractivity contribution in [2.24, 2.45) is 0 Å². The quantitative estimate of drug-likeness (QED) is 0.744. The zero-order chi connectivity index (χ0) is 8.72. The molecule has 12 heavy (non-hydrogen) atoms. The second kappa shape index (κ2) is 2.85. The number of halogens is 3.